The number of aromatic nitrogens is 2. The highest BCUT2D eigenvalue weighted by Gasteiger charge is 2.35. The molecule has 0 atom stereocenters. The van der Waals surface area contributed by atoms with Gasteiger partial charge in [-0.1, -0.05) is 24.3 Å². The predicted octanol–water partition coefficient (Wildman–Crippen LogP) is 4.76. The fourth-order valence-electron chi connectivity index (χ4n) is 4.20. The van der Waals surface area contributed by atoms with Gasteiger partial charge < -0.3 is 16.0 Å². The number of aliphatic imine (C=N–C) groups is 1. The molecule has 1 fully saturated rings. The number of rotatable bonds is 5. The second kappa shape index (κ2) is 9.66. The van der Waals surface area contributed by atoms with Crippen LogP contribution in [0.25, 0.3) is 10.8 Å². The fourth-order valence-corrected chi connectivity index (χ4v) is 4.20. The molecule has 2 aromatic carbocycles. The third-order valence-corrected chi connectivity index (χ3v) is 5.85. The lowest BCUT2D eigenvalue weighted by Crippen LogP contribution is -2.40. The third kappa shape index (κ3) is 4.80. The maximum atomic E-state index is 13.4. The summed E-state index contributed by atoms with van der Waals surface area (Å²) >= 11 is 0. The highest BCUT2D eigenvalue weighted by Crippen LogP contribution is 2.36. The first-order valence-corrected chi connectivity index (χ1v) is 10.8. The smallest absolute Gasteiger partial charge is 0.405 e. The molecule has 0 amide bonds. The number of nitrogens with two attached hydrogens (primary N) is 1. The normalized spacial score (nSPS) is 15.9. The van der Waals surface area contributed by atoms with Gasteiger partial charge >= 0.3 is 6.18 Å². The fraction of sp³-hybridized carbons (Fsp3) is 0.292. The highest BCUT2D eigenvalue weighted by molar-refractivity contribution is 6.15. The number of nitrogens with zero attached hydrogens (tertiary/aromatic N) is 4. The lowest BCUT2D eigenvalue weighted by Gasteiger charge is -2.34. The van der Waals surface area contributed by atoms with Crippen molar-refractivity contribution in [2.24, 2.45) is 10.7 Å². The van der Waals surface area contributed by atoms with Gasteiger partial charge in [-0.05, 0) is 43.3 Å². The van der Waals surface area contributed by atoms with Crippen molar-refractivity contribution >= 4 is 28.0 Å². The van der Waals surface area contributed by atoms with Crippen LogP contribution in [0.5, 0.6) is 0 Å². The Morgan fingerprint density at radius 1 is 1.12 bits per heavy atom. The minimum absolute atomic E-state index is 0.110. The maximum absolute atomic E-state index is 13.4. The number of hydrogen-bond donors (Lipinski definition) is 2. The van der Waals surface area contributed by atoms with Gasteiger partial charge in [0.25, 0.3) is 0 Å². The van der Waals surface area contributed by atoms with Crippen molar-refractivity contribution in [3.63, 3.8) is 0 Å². The number of allylic oxidation sites excluding steroid dienone is 1. The standard InChI is InChI=1S/C24H24F4N6/c1-30-21(8-11-29)22-17-4-2-3-5-18(17)23(33-32-22)34-12-9-16(10-13-34)31-20-7-6-15(25)14-19(20)24(26,27)28/h2-8,11,14,16,31H,9-10,12-13,29H2,1H3. The molecule has 10 heteroatoms. The molecular weight excluding hydrogens is 448 g/mol. The number of fused-ring (bicyclic) bond motifs is 1. The minimum atomic E-state index is -4.64. The van der Waals surface area contributed by atoms with Crippen molar-refractivity contribution in [1.29, 1.82) is 0 Å². The molecule has 0 saturated carbocycles. The predicted molar refractivity (Wildman–Crippen MR) is 126 cm³/mol. The SMILES string of the molecule is CN=C(C=CN)c1nnc(N2CCC(Nc3ccc(F)cc3C(F)(F)F)CC2)c2ccccc12. The van der Waals surface area contributed by atoms with E-state index in [0.717, 1.165) is 22.9 Å². The van der Waals surface area contributed by atoms with Gasteiger partial charge in [0, 0.05) is 42.6 Å². The summed E-state index contributed by atoms with van der Waals surface area (Å²) in [6.07, 6.45) is -0.400. The van der Waals surface area contributed by atoms with Gasteiger partial charge in [0.15, 0.2) is 5.82 Å². The molecule has 3 N–H and O–H groups in total. The minimum Gasteiger partial charge on any atom is -0.405 e. The van der Waals surface area contributed by atoms with Crippen LogP contribution in [-0.4, -0.2) is 42.1 Å². The van der Waals surface area contributed by atoms with E-state index in [9.17, 15) is 17.6 Å². The Bertz CT molecular complexity index is 1230. The van der Waals surface area contributed by atoms with Gasteiger partial charge in [-0.15, -0.1) is 10.2 Å². The maximum Gasteiger partial charge on any atom is 0.418 e. The molecule has 34 heavy (non-hydrogen) atoms. The zero-order chi connectivity index (χ0) is 24.3. The van der Waals surface area contributed by atoms with Crippen molar-refractivity contribution in [3.8, 4) is 0 Å². The molecule has 0 radical (unpaired) electrons. The number of hydrogen-bond acceptors (Lipinski definition) is 6. The molecule has 1 aliphatic heterocycles. The number of benzene rings is 2. The summed E-state index contributed by atoms with van der Waals surface area (Å²) in [5.74, 6) is -0.206. The van der Waals surface area contributed by atoms with Gasteiger partial charge in [0.1, 0.15) is 11.5 Å². The van der Waals surface area contributed by atoms with Gasteiger partial charge in [-0.25, -0.2) is 4.39 Å². The quantitative estimate of drug-likeness (QED) is 0.414. The van der Waals surface area contributed by atoms with Crippen molar-refractivity contribution in [1.82, 2.24) is 10.2 Å². The van der Waals surface area contributed by atoms with Crippen molar-refractivity contribution in [2.75, 3.05) is 30.4 Å². The van der Waals surface area contributed by atoms with E-state index in [1.165, 1.54) is 6.20 Å². The summed E-state index contributed by atoms with van der Waals surface area (Å²) in [5.41, 5.74) is 5.66. The van der Waals surface area contributed by atoms with Crippen LogP contribution in [0.4, 0.5) is 29.1 Å². The van der Waals surface area contributed by atoms with E-state index in [1.807, 2.05) is 24.3 Å². The van der Waals surface area contributed by atoms with E-state index < -0.39 is 17.6 Å². The Labute approximate surface area is 194 Å². The summed E-state index contributed by atoms with van der Waals surface area (Å²) in [6.45, 7) is 1.16. The first-order chi connectivity index (χ1) is 16.3. The van der Waals surface area contributed by atoms with Crippen LogP contribution in [0.2, 0.25) is 0 Å². The van der Waals surface area contributed by atoms with E-state index in [1.54, 1.807) is 13.1 Å². The molecule has 6 nitrogen and oxygen atoms in total. The monoisotopic (exact) mass is 472 g/mol. The molecular formula is C24H24F4N6. The van der Waals surface area contributed by atoms with Crippen LogP contribution in [-0.2, 0) is 6.18 Å². The van der Waals surface area contributed by atoms with Gasteiger partial charge in [0.05, 0.1) is 11.3 Å². The Balaban J connectivity index is 1.54. The van der Waals surface area contributed by atoms with E-state index >= 15 is 0 Å². The molecule has 0 bridgehead atoms. The molecule has 0 aliphatic carbocycles. The first kappa shape index (κ1) is 23.5. The van der Waals surface area contributed by atoms with Crippen LogP contribution >= 0.6 is 0 Å². The third-order valence-electron chi connectivity index (χ3n) is 5.85. The average molecular weight is 472 g/mol. The van der Waals surface area contributed by atoms with Crippen molar-refractivity contribution in [2.45, 2.75) is 25.1 Å². The number of piperidine rings is 1. The first-order valence-electron chi connectivity index (χ1n) is 10.8. The van der Waals surface area contributed by atoms with E-state index in [2.05, 4.69) is 25.4 Å². The highest BCUT2D eigenvalue weighted by atomic mass is 19.4. The Hall–Kier alpha value is -3.69. The molecule has 178 valence electrons. The van der Waals surface area contributed by atoms with Crippen LogP contribution in [0.3, 0.4) is 0 Å². The zero-order valence-corrected chi connectivity index (χ0v) is 18.5. The average Bonchev–Trinajstić information content (AvgIpc) is 2.83. The Morgan fingerprint density at radius 3 is 2.47 bits per heavy atom. The van der Waals surface area contributed by atoms with Crippen LogP contribution < -0.4 is 16.0 Å². The number of nitrogens with one attached hydrogen (secondary N) is 1. The summed E-state index contributed by atoms with van der Waals surface area (Å²) in [6, 6.07) is 10.2. The van der Waals surface area contributed by atoms with Gasteiger partial charge in [-0.2, -0.15) is 13.2 Å². The van der Waals surface area contributed by atoms with Gasteiger partial charge in [-0.3, -0.25) is 4.99 Å². The molecule has 1 saturated heterocycles. The summed E-state index contributed by atoms with van der Waals surface area (Å²) < 4.78 is 53.4. The second-order valence-electron chi connectivity index (χ2n) is 7.98. The topological polar surface area (TPSA) is 79.4 Å². The van der Waals surface area contributed by atoms with Crippen LogP contribution in [0, 0.1) is 5.82 Å². The lowest BCUT2D eigenvalue weighted by molar-refractivity contribution is -0.137. The summed E-state index contributed by atoms with van der Waals surface area (Å²) in [7, 11) is 1.66. The molecule has 2 heterocycles. The van der Waals surface area contributed by atoms with E-state index in [0.29, 0.717) is 49.2 Å². The molecule has 4 rings (SSSR count). The Morgan fingerprint density at radius 2 is 1.82 bits per heavy atom. The number of anilines is 2. The molecule has 0 spiro atoms. The summed E-state index contributed by atoms with van der Waals surface area (Å²) in [5, 5.41) is 13.6. The van der Waals surface area contributed by atoms with Gasteiger partial charge in [0.2, 0.25) is 0 Å². The molecule has 1 aliphatic rings. The van der Waals surface area contributed by atoms with Crippen LogP contribution in [0.15, 0.2) is 59.7 Å². The van der Waals surface area contributed by atoms with E-state index in [4.69, 9.17) is 5.73 Å². The van der Waals surface area contributed by atoms with Crippen LogP contribution in [0.1, 0.15) is 24.1 Å². The molecule has 1 aromatic heterocycles. The Kier molecular flexibility index (Phi) is 6.67. The zero-order valence-electron chi connectivity index (χ0n) is 18.5. The van der Waals surface area contributed by atoms with E-state index in [-0.39, 0.29) is 11.7 Å². The lowest BCUT2D eigenvalue weighted by atomic mass is 10.0. The summed E-state index contributed by atoms with van der Waals surface area (Å²) in [4.78, 5) is 6.32. The largest absolute Gasteiger partial charge is 0.418 e. The molecule has 0 unspecified atom stereocenters. The van der Waals surface area contributed by atoms with Crippen molar-refractivity contribution < 1.29 is 17.6 Å². The molecule has 3 aromatic rings. The number of halogens is 4. The second-order valence-corrected chi connectivity index (χ2v) is 7.98. The van der Waals surface area contributed by atoms with Crippen molar-refractivity contribution in [3.05, 3.63) is 71.8 Å². The number of alkyl halides is 3.